The van der Waals surface area contributed by atoms with Gasteiger partial charge in [-0.1, -0.05) is 5.16 Å². The molecule has 0 bridgehead atoms. The van der Waals surface area contributed by atoms with E-state index < -0.39 is 0 Å². The summed E-state index contributed by atoms with van der Waals surface area (Å²) in [4.78, 5) is 8.31. The predicted molar refractivity (Wildman–Crippen MR) is 62.7 cm³/mol. The van der Waals surface area contributed by atoms with Crippen molar-refractivity contribution >= 4 is 0 Å². The average molecular weight is 246 g/mol. The molecule has 3 heterocycles. The van der Waals surface area contributed by atoms with Crippen LogP contribution in [0.5, 0.6) is 0 Å². The third kappa shape index (κ3) is 2.39. The van der Waals surface area contributed by atoms with Crippen molar-refractivity contribution < 1.29 is 9.63 Å². The van der Waals surface area contributed by atoms with Crippen LogP contribution in [0.25, 0.3) is 0 Å². The van der Waals surface area contributed by atoms with Gasteiger partial charge in [0.05, 0.1) is 12.1 Å². The molecule has 1 fully saturated rings. The SMILES string of the molecule is O[C@@H]1CN[C@@H](c2nc(Cc3ccncc3)no2)C1. The minimum atomic E-state index is -0.328. The van der Waals surface area contributed by atoms with Crippen LogP contribution in [0, 0.1) is 0 Å². The summed E-state index contributed by atoms with van der Waals surface area (Å²) in [5, 5.41) is 16.5. The molecule has 0 aliphatic carbocycles. The van der Waals surface area contributed by atoms with Crippen molar-refractivity contribution in [2.75, 3.05) is 6.54 Å². The highest BCUT2D eigenvalue weighted by molar-refractivity contribution is 5.15. The van der Waals surface area contributed by atoms with Gasteiger partial charge in [-0.15, -0.1) is 0 Å². The molecule has 0 unspecified atom stereocenters. The first-order valence-electron chi connectivity index (χ1n) is 5.94. The van der Waals surface area contributed by atoms with Gasteiger partial charge in [0, 0.05) is 25.4 Å². The van der Waals surface area contributed by atoms with Crippen molar-refractivity contribution in [2.45, 2.75) is 25.0 Å². The Labute approximate surface area is 104 Å². The predicted octanol–water partition coefficient (Wildman–Crippen LogP) is 0.451. The van der Waals surface area contributed by atoms with Gasteiger partial charge < -0.3 is 14.9 Å². The zero-order valence-corrected chi connectivity index (χ0v) is 9.78. The van der Waals surface area contributed by atoms with Crippen LogP contribution >= 0.6 is 0 Å². The van der Waals surface area contributed by atoms with Gasteiger partial charge in [0.1, 0.15) is 0 Å². The fourth-order valence-electron chi connectivity index (χ4n) is 2.07. The van der Waals surface area contributed by atoms with Crippen molar-refractivity contribution in [3.05, 3.63) is 41.8 Å². The van der Waals surface area contributed by atoms with Crippen molar-refractivity contribution in [1.29, 1.82) is 0 Å². The minimum absolute atomic E-state index is 0.0290. The molecule has 1 aliphatic heterocycles. The minimum Gasteiger partial charge on any atom is -0.392 e. The molecule has 0 radical (unpaired) electrons. The summed E-state index contributed by atoms with van der Waals surface area (Å²) in [5.74, 6) is 1.20. The number of aliphatic hydroxyl groups excluding tert-OH is 1. The number of aliphatic hydroxyl groups is 1. The Morgan fingerprint density at radius 3 is 2.94 bits per heavy atom. The Bertz CT molecular complexity index is 514. The maximum Gasteiger partial charge on any atom is 0.243 e. The highest BCUT2D eigenvalue weighted by Gasteiger charge is 2.27. The van der Waals surface area contributed by atoms with Crippen LogP contribution in [0.1, 0.15) is 29.7 Å². The molecule has 6 nitrogen and oxygen atoms in total. The zero-order valence-electron chi connectivity index (χ0n) is 9.78. The second-order valence-electron chi connectivity index (χ2n) is 4.43. The van der Waals surface area contributed by atoms with Gasteiger partial charge in [-0.25, -0.2) is 0 Å². The number of β-amino-alcohol motifs (C(OH)–C–C–N with tert-alkyl or cyclic N) is 1. The summed E-state index contributed by atoms with van der Waals surface area (Å²) in [6.45, 7) is 0.576. The fraction of sp³-hybridized carbons (Fsp3) is 0.417. The molecule has 18 heavy (non-hydrogen) atoms. The maximum absolute atomic E-state index is 9.44. The lowest BCUT2D eigenvalue weighted by Crippen LogP contribution is -2.15. The Hall–Kier alpha value is -1.79. The lowest BCUT2D eigenvalue weighted by Gasteiger charge is -2.01. The monoisotopic (exact) mass is 246 g/mol. The van der Waals surface area contributed by atoms with Crippen LogP contribution in [-0.4, -0.2) is 32.9 Å². The number of nitrogens with one attached hydrogen (secondary N) is 1. The molecular formula is C12H14N4O2. The van der Waals surface area contributed by atoms with E-state index in [9.17, 15) is 5.11 Å². The van der Waals surface area contributed by atoms with E-state index in [2.05, 4.69) is 20.4 Å². The Balaban J connectivity index is 1.70. The molecule has 94 valence electrons. The molecule has 3 rings (SSSR count). The number of nitrogens with zero attached hydrogens (tertiary/aromatic N) is 3. The molecule has 6 heteroatoms. The molecule has 2 aromatic rings. The van der Waals surface area contributed by atoms with E-state index in [1.54, 1.807) is 12.4 Å². The normalized spacial score (nSPS) is 23.4. The average Bonchev–Trinajstić information content (AvgIpc) is 2.99. The summed E-state index contributed by atoms with van der Waals surface area (Å²) >= 11 is 0. The van der Waals surface area contributed by atoms with Gasteiger partial charge in [0.2, 0.25) is 5.89 Å². The molecule has 2 aromatic heterocycles. The van der Waals surface area contributed by atoms with Crippen molar-refractivity contribution in [3.63, 3.8) is 0 Å². The third-order valence-corrected chi connectivity index (χ3v) is 3.00. The molecule has 1 saturated heterocycles. The van der Waals surface area contributed by atoms with Crippen LogP contribution < -0.4 is 5.32 Å². The van der Waals surface area contributed by atoms with Crippen molar-refractivity contribution in [3.8, 4) is 0 Å². The van der Waals surface area contributed by atoms with E-state index >= 15 is 0 Å². The summed E-state index contributed by atoms with van der Waals surface area (Å²) in [6.07, 6.45) is 4.40. The zero-order chi connectivity index (χ0) is 12.4. The van der Waals surface area contributed by atoms with Gasteiger partial charge in [-0.2, -0.15) is 4.98 Å². The topological polar surface area (TPSA) is 84.1 Å². The summed E-state index contributed by atoms with van der Waals surface area (Å²) < 4.78 is 5.22. The lowest BCUT2D eigenvalue weighted by molar-refractivity contribution is 0.191. The van der Waals surface area contributed by atoms with E-state index in [0.29, 0.717) is 31.1 Å². The number of pyridine rings is 1. The lowest BCUT2D eigenvalue weighted by atomic mass is 10.2. The number of aromatic nitrogens is 3. The van der Waals surface area contributed by atoms with Crippen LogP contribution in [0.4, 0.5) is 0 Å². The number of hydrogen-bond acceptors (Lipinski definition) is 6. The number of rotatable bonds is 3. The standard InChI is InChI=1S/C12H14N4O2/c17-9-6-10(14-7-9)12-15-11(16-18-12)5-8-1-3-13-4-2-8/h1-4,9-10,14,17H,5-7H2/t9-,10+/m0/s1. The Kier molecular flexibility index (Phi) is 3.04. The molecule has 2 N–H and O–H groups in total. The van der Waals surface area contributed by atoms with Gasteiger partial charge >= 0.3 is 0 Å². The van der Waals surface area contributed by atoms with Gasteiger partial charge in [-0.05, 0) is 24.1 Å². The smallest absolute Gasteiger partial charge is 0.243 e. The first kappa shape index (κ1) is 11.3. The van der Waals surface area contributed by atoms with Crippen molar-refractivity contribution in [2.24, 2.45) is 0 Å². The molecule has 0 saturated carbocycles. The largest absolute Gasteiger partial charge is 0.392 e. The highest BCUT2D eigenvalue weighted by atomic mass is 16.5. The van der Waals surface area contributed by atoms with E-state index in [-0.39, 0.29) is 12.1 Å². The first-order chi connectivity index (χ1) is 8.81. The second kappa shape index (κ2) is 4.83. The van der Waals surface area contributed by atoms with Crippen LogP contribution in [0.15, 0.2) is 29.0 Å². The van der Waals surface area contributed by atoms with Crippen LogP contribution in [-0.2, 0) is 6.42 Å². The van der Waals surface area contributed by atoms with E-state index in [1.807, 2.05) is 12.1 Å². The first-order valence-corrected chi connectivity index (χ1v) is 5.94. The highest BCUT2D eigenvalue weighted by Crippen LogP contribution is 2.22. The van der Waals surface area contributed by atoms with Crippen LogP contribution in [0.3, 0.4) is 0 Å². The maximum atomic E-state index is 9.44. The quantitative estimate of drug-likeness (QED) is 0.818. The van der Waals surface area contributed by atoms with Gasteiger partial charge in [-0.3, -0.25) is 4.98 Å². The molecule has 0 spiro atoms. The van der Waals surface area contributed by atoms with E-state index in [0.717, 1.165) is 5.56 Å². The molecule has 0 amide bonds. The molecule has 2 atom stereocenters. The third-order valence-electron chi connectivity index (χ3n) is 3.00. The van der Waals surface area contributed by atoms with Crippen molar-refractivity contribution in [1.82, 2.24) is 20.4 Å². The molecule has 1 aliphatic rings. The van der Waals surface area contributed by atoms with Gasteiger partial charge in [0.25, 0.3) is 0 Å². The number of hydrogen-bond donors (Lipinski definition) is 2. The Morgan fingerprint density at radius 2 is 2.22 bits per heavy atom. The summed E-state index contributed by atoms with van der Waals surface area (Å²) in [6, 6.07) is 3.82. The van der Waals surface area contributed by atoms with Gasteiger partial charge in [0.15, 0.2) is 5.82 Å². The summed E-state index contributed by atoms with van der Waals surface area (Å²) in [7, 11) is 0. The fourth-order valence-corrected chi connectivity index (χ4v) is 2.07. The second-order valence-corrected chi connectivity index (χ2v) is 4.43. The van der Waals surface area contributed by atoms with E-state index in [1.165, 1.54) is 0 Å². The molecular weight excluding hydrogens is 232 g/mol. The molecule has 0 aromatic carbocycles. The van der Waals surface area contributed by atoms with Crippen LogP contribution in [0.2, 0.25) is 0 Å². The Morgan fingerprint density at radius 1 is 1.39 bits per heavy atom. The van der Waals surface area contributed by atoms with E-state index in [4.69, 9.17) is 4.52 Å². The summed E-state index contributed by atoms with van der Waals surface area (Å²) in [5.41, 5.74) is 1.09.